The van der Waals surface area contributed by atoms with Gasteiger partial charge in [0.15, 0.2) is 0 Å². The van der Waals surface area contributed by atoms with Crippen LogP contribution >= 0.6 is 0 Å². The van der Waals surface area contributed by atoms with Crippen LogP contribution in [0.25, 0.3) is 11.1 Å². The minimum absolute atomic E-state index is 0.266. The Bertz CT molecular complexity index is 731. The molecular weight excluding hydrogens is 320 g/mol. The Morgan fingerprint density at radius 3 is 1.96 bits per heavy atom. The lowest BCUT2D eigenvalue weighted by Crippen LogP contribution is -2.02. The van der Waals surface area contributed by atoms with Gasteiger partial charge in [-0.3, -0.25) is 0 Å². The van der Waals surface area contributed by atoms with Gasteiger partial charge >= 0.3 is 0 Å². The van der Waals surface area contributed by atoms with E-state index in [2.05, 4.69) is 77.1 Å². The smallest absolute Gasteiger partial charge is 0.126 e. The van der Waals surface area contributed by atoms with Crippen LogP contribution in [0.2, 0.25) is 0 Å². The second-order valence-electron chi connectivity index (χ2n) is 7.43. The Balaban J connectivity index is 2.64. The van der Waals surface area contributed by atoms with E-state index in [1.807, 2.05) is 0 Å². The Hall–Kier alpha value is -2.22. The van der Waals surface area contributed by atoms with Crippen LogP contribution in [0.3, 0.4) is 0 Å². The molecule has 0 amide bonds. The number of allylic oxidation sites excluding steroid dienone is 1. The zero-order valence-electron chi connectivity index (χ0n) is 17.2. The van der Waals surface area contributed by atoms with Crippen LogP contribution in [0, 0.1) is 0 Å². The number of hydrogen-bond acceptors (Lipinski definition) is 2. The van der Waals surface area contributed by atoms with Crippen molar-refractivity contribution < 1.29 is 9.47 Å². The molecule has 0 aliphatic heterocycles. The summed E-state index contributed by atoms with van der Waals surface area (Å²) in [6.45, 7) is 11.2. The van der Waals surface area contributed by atoms with Crippen molar-refractivity contribution in [2.24, 2.45) is 0 Å². The molecule has 1 unspecified atom stereocenters. The standard InChI is InChI=1S/C24H32O2/c1-16(2)20-9-8-10-21(17(3)4)24(20)22-12-11-19(15-23(22)26-7)18(5)13-14-25-6/h8-18H,1-7H3/b14-13+. The first-order chi connectivity index (χ1) is 12.4. The average molecular weight is 353 g/mol. The number of ether oxygens (including phenoxy) is 2. The van der Waals surface area contributed by atoms with Crippen molar-refractivity contribution in [3.05, 3.63) is 65.4 Å². The van der Waals surface area contributed by atoms with Crippen molar-refractivity contribution in [2.75, 3.05) is 14.2 Å². The monoisotopic (exact) mass is 352 g/mol. The summed E-state index contributed by atoms with van der Waals surface area (Å²) < 4.78 is 10.9. The molecule has 140 valence electrons. The van der Waals surface area contributed by atoms with Gasteiger partial charge in [0.25, 0.3) is 0 Å². The molecule has 0 N–H and O–H groups in total. The van der Waals surface area contributed by atoms with Crippen LogP contribution in [-0.4, -0.2) is 14.2 Å². The largest absolute Gasteiger partial charge is 0.505 e. The van der Waals surface area contributed by atoms with Gasteiger partial charge < -0.3 is 9.47 Å². The molecule has 0 heterocycles. The molecule has 0 aliphatic carbocycles. The lowest BCUT2D eigenvalue weighted by Gasteiger charge is -2.22. The fourth-order valence-electron chi connectivity index (χ4n) is 3.37. The van der Waals surface area contributed by atoms with Gasteiger partial charge in [0, 0.05) is 11.5 Å². The molecule has 2 rings (SSSR count). The third-order valence-corrected chi connectivity index (χ3v) is 4.90. The van der Waals surface area contributed by atoms with E-state index in [4.69, 9.17) is 9.47 Å². The molecule has 26 heavy (non-hydrogen) atoms. The summed E-state index contributed by atoms with van der Waals surface area (Å²) in [7, 11) is 3.43. The summed E-state index contributed by atoms with van der Waals surface area (Å²) in [6.07, 6.45) is 3.78. The second-order valence-corrected chi connectivity index (χ2v) is 7.43. The van der Waals surface area contributed by atoms with Gasteiger partial charge in [0.2, 0.25) is 0 Å². The predicted octanol–water partition coefficient (Wildman–Crippen LogP) is 6.87. The molecule has 2 heteroatoms. The van der Waals surface area contributed by atoms with E-state index in [1.165, 1.54) is 27.8 Å². The van der Waals surface area contributed by atoms with Crippen molar-refractivity contribution in [1.29, 1.82) is 0 Å². The highest BCUT2D eigenvalue weighted by molar-refractivity contribution is 5.78. The van der Waals surface area contributed by atoms with Crippen LogP contribution in [0.15, 0.2) is 48.7 Å². The maximum absolute atomic E-state index is 5.81. The van der Waals surface area contributed by atoms with E-state index >= 15 is 0 Å². The molecule has 0 fully saturated rings. The molecule has 2 aromatic rings. The summed E-state index contributed by atoms with van der Waals surface area (Å²) in [5.41, 5.74) is 6.45. The van der Waals surface area contributed by atoms with Crippen LogP contribution in [0.4, 0.5) is 0 Å². The fraction of sp³-hybridized carbons (Fsp3) is 0.417. The van der Waals surface area contributed by atoms with Gasteiger partial charge in [0.05, 0.1) is 20.5 Å². The molecule has 2 aromatic carbocycles. The molecule has 2 nitrogen and oxygen atoms in total. The van der Waals surface area contributed by atoms with Crippen molar-refractivity contribution in [3.8, 4) is 16.9 Å². The van der Waals surface area contributed by atoms with E-state index < -0.39 is 0 Å². The lowest BCUT2D eigenvalue weighted by molar-refractivity contribution is 0.336. The van der Waals surface area contributed by atoms with Crippen LogP contribution in [0.5, 0.6) is 5.75 Å². The molecule has 0 aliphatic rings. The predicted molar refractivity (Wildman–Crippen MR) is 111 cm³/mol. The van der Waals surface area contributed by atoms with E-state index in [0.29, 0.717) is 11.8 Å². The van der Waals surface area contributed by atoms with Gasteiger partial charge in [-0.25, -0.2) is 0 Å². The molecular formula is C24H32O2. The number of rotatable bonds is 7. The van der Waals surface area contributed by atoms with Crippen molar-refractivity contribution >= 4 is 0 Å². The van der Waals surface area contributed by atoms with Gasteiger partial charge in [-0.2, -0.15) is 0 Å². The molecule has 0 radical (unpaired) electrons. The Kier molecular flexibility index (Phi) is 6.90. The summed E-state index contributed by atoms with van der Waals surface area (Å²) >= 11 is 0. The van der Waals surface area contributed by atoms with E-state index in [0.717, 1.165) is 5.75 Å². The lowest BCUT2D eigenvalue weighted by atomic mass is 9.84. The van der Waals surface area contributed by atoms with Crippen molar-refractivity contribution in [3.63, 3.8) is 0 Å². The zero-order chi connectivity index (χ0) is 19.3. The highest BCUT2D eigenvalue weighted by Crippen LogP contribution is 2.41. The molecule has 0 saturated heterocycles. The van der Waals surface area contributed by atoms with Gasteiger partial charge in [0.1, 0.15) is 5.75 Å². The van der Waals surface area contributed by atoms with Crippen molar-refractivity contribution in [1.82, 2.24) is 0 Å². The van der Waals surface area contributed by atoms with Crippen LogP contribution in [-0.2, 0) is 4.74 Å². The third-order valence-electron chi connectivity index (χ3n) is 4.90. The Labute approximate surface area is 158 Å². The van der Waals surface area contributed by atoms with E-state index in [1.54, 1.807) is 20.5 Å². The molecule has 0 saturated carbocycles. The normalized spacial score (nSPS) is 12.8. The van der Waals surface area contributed by atoms with E-state index in [9.17, 15) is 0 Å². The topological polar surface area (TPSA) is 18.5 Å². The van der Waals surface area contributed by atoms with Crippen molar-refractivity contribution in [2.45, 2.75) is 52.4 Å². The van der Waals surface area contributed by atoms with Gasteiger partial charge in [-0.05, 0) is 46.2 Å². The quantitative estimate of drug-likeness (QED) is 0.506. The molecule has 0 aromatic heterocycles. The highest BCUT2D eigenvalue weighted by Gasteiger charge is 2.19. The zero-order valence-corrected chi connectivity index (χ0v) is 17.2. The first-order valence-electron chi connectivity index (χ1n) is 9.41. The average Bonchev–Trinajstić information content (AvgIpc) is 2.64. The minimum atomic E-state index is 0.266. The van der Waals surface area contributed by atoms with Crippen LogP contribution < -0.4 is 4.74 Å². The summed E-state index contributed by atoms with van der Waals surface area (Å²) in [6, 6.07) is 13.2. The summed E-state index contributed by atoms with van der Waals surface area (Å²) in [4.78, 5) is 0. The maximum atomic E-state index is 5.81. The Morgan fingerprint density at radius 2 is 1.46 bits per heavy atom. The molecule has 0 spiro atoms. The van der Waals surface area contributed by atoms with Gasteiger partial charge in [-0.1, -0.05) is 65.0 Å². The first kappa shape index (κ1) is 20.1. The summed E-state index contributed by atoms with van der Waals surface area (Å²) in [5.74, 6) is 2.10. The maximum Gasteiger partial charge on any atom is 0.126 e. The Morgan fingerprint density at radius 1 is 0.846 bits per heavy atom. The second kappa shape index (κ2) is 8.93. The highest BCUT2D eigenvalue weighted by atomic mass is 16.5. The third kappa shape index (κ3) is 4.30. The summed E-state index contributed by atoms with van der Waals surface area (Å²) in [5, 5.41) is 0. The number of methoxy groups -OCH3 is 2. The van der Waals surface area contributed by atoms with Gasteiger partial charge in [-0.15, -0.1) is 0 Å². The fourth-order valence-corrected chi connectivity index (χ4v) is 3.37. The number of benzene rings is 2. The van der Waals surface area contributed by atoms with E-state index in [-0.39, 0.29) is 5.92 Å². The first-order valence-corrected chi connectivity index (χ1v) is 9.41. The molecule has 0 bridgehead atoms. The number of hydrogen-bond donors (Lipinski definition) is 0. The molecule has 1 atom stereocenters. The van der Waals surface area contributed by atoms with Crippen LogP contribution in [0.1, 0.15) is 69.1 Å². The SMILES string of the molecule is CO/C=C/C(C)c1ccc(-c2c(C(C)C)cccc2C(C)C)c(OC)c1. The minimum Gasteiger partial charge on any atom is -0.505 e.